The van der Waals surface area contributed by atoms with Gasteiger partial charge in [-0.2, -0.15) is 0 Å². The molecule has 0 fully saturated rings. The summed E-state index contributed by atoms with van der Waals surface area (Å²) in [5, 5.41) is 8.82. The molecule has 0 saturated heterocycles. The van der Waals surface area contributed by atoms with Crippen molar-refractivity contribution in [2.45, 2.75) is 33.6 Å². The molecule has 100 valence electrons. The molecule has 0 saturated carbocycles. The molecule has 0 aliphatic carbocycles. The molecule has 1 unspecified atom stereocenters. The van der Waals surface area contributed by atoms with Crippen LogP contribution in [0.2, 0.25) is 0 Å². The Hall–Kier alpha value is -1.59. The third kappa shape index (κ3) is 2.88. The van der Waals surface area contributed by atoms with Crippen molar-refractivity contribution in [3.05, 3.63) is 34.9 Å². The molecule has 1 atom stereocenters. The summed E-state index contributed by atoms with van der Waals surface area (Å²) in [6.07, 6.45) is 0. The number of fused-ring (bicyclic) bond motifs is 1. The highest BCUT2D eigenvalue weighted by molar-refractivity contribution is 6.01. The Bertz CT molecular complexity index is 645. The second-order valence-corrected chi connectivity index (χ2v) is 5.89. The average Bonchev–Trinajstić information content (AvgIpc) is 2.32. The Kier molecular flexibility index (Phi) is 3.07. The van der Waals surface area contributed by atoms with Crippen molar-refractivity contribution in [1.29, 1.82) is 0 Å². The molecule has 1 aromatic rings. The first-order chi connectivity index (χ1) is 9.66. The standard InChI is InChI=1S/C17H21NO/c1-12-14-8-7-13(6-5-9-19)10-15(14)16(11-18-12)17(2,3)4/h7-8,10,16,19H,9,11H2,1-4H3/i11D2. The van der Waals surface area contributed by atoms with Crippen molar-refractivity contribution in [2.75, 3.05) is 13.1 Å². The maximum atomic E-state index is 8.82. The number of nitrogens with zero attached hydrogens (tertiary/aromatic N) is 1. The molecular weight excluding hydrogens is 234 g/mol. The lowest BCUT2D eigenvalue weighted by molar-refractivity contribution is 0.323. The van der Waals surface area contributed by atoms with Crippen molar-refractivity contribution in [2.24, 2.45) is 10.4 Å². The van der Waals surface area contributed by atoms with Crippen LogP contribution in [-0.4, -0.2) is 23.9 Å². The van der Waals surface area contributed by atoms with E-state index >= 15 is 0 Å². The summed E-state index contributed by atoms with van der Waals surface area (Å²) in [5.41, 5.74) is 3.19. The van der Waals surface area contributed by atoms with E-state index in [0.29, 0.717) is 0 Å². The molecule has 0 bridgehead atoms. The highest BCUT2D eigenvalue weighted by Crippen LogP contribution is 2.39. The van der Waals surface area contributed by atoms with Crippen LogP contribution in [-0.2, 0) is 0 Å². The summed E-state index contributed by atoms with van der Waals surface area (Å²) in [4.78, 5) is 4.27. The maximum Gasteiger partial charge on any atom is 0.104 e. The number of aliphatic hydroxyl groups is 1. The lowest BCUT2D eigenvalue weighted by Crippen LogP contribution is -2.26. The molecule has 0 amide bonds. The van der Waals surface area contributed by atoms with Gasteiger partial charge in [-0.1, -0.05) is 38.7 Å². The summed E-state index contributed by atoms with van der Waals surface area (Å²) in [6.45, 7) is 6.12. The monoisotopic (exact) mass is 257 g/mol. The van der Waals surface area contributed by atoms with Crippen molar-refractivity contribution >= 4 is 5.71 Å². The Balaban J connectivity index is 2.66. The summed E-state index contributed by atoms with van der Waals surface area (Å²) in [5.74, 6) is 5.20. The van der Waals surface area contributed by atoms with Crippen LogP contribution in [0.3, 0.4) is 0 Å². The van der Waals surface area contributed by atoms with Crippen LogP contribution in [0, 0.1) is 17.3 Å². The smallest absolute Gasteiger partial charge is 0.104 e. The largest absolute Gasteiger partial charge is 0.384 e. The predicted molar refractivity (Wildman–Crippen MR) is 79.7 cm³/mol. The molecule has 2 heteroatoms. The van der Waals surface area contributed by atoms with Crippen molar-refractivity contribution in [1.82, 2.24) is 0 Å². The fourth-order valence-electron chi connectivity index (χ4n) is 2.30. The molecule has 1 aliphatic rings. The molecule has 19 heavy (non-hydrogen) atoms. The maximum absolute atomic E-state index is 8.82. The van der Waals surface area contributed by atoms with E-state index in [9.17, 15) is 0 Å². The molecule has 0 radical (unpaired) electrons. The fourth-order valence-corrected chi connectivity index (χ4v) is 2.30. The molecule has 0 aromatic heterocycles. The summed E-state index contributed by atoms with van der Waals surface area (Å²) < 4.78 is 16.6. The van der Waals surface area contributed by atoms with Gasteiger partial charge in [-0.05, 0) is 35.6 Å². The molecule has 1 aromatic carbocycles. The van der Waals surface area contributed by atoms with Crippen LogP contribution >= 0.6 is 0 Å². The van der Waals surface area contributed by atoms with Crippen molar-refractivity contribution in [3.8, 4) is 11.8 Å². The van der Waals surface area contributed by atoms with Gasteiger partial charge in [-0.25, -0.2) is 0 Å². The van der Waals surface area contributed by atoms with Gasteiger partial charge in [0.05, 0.1) is 2.74 Å². The minimum Gasteiger partial charge on any atom is -0.384 e. The zero-order chi connectivity index (χ0) is 15.8. The number of benzene rings is 1. The minimum atomic E-state index is -1.63. The highest BCUT2D eigenvalue weighted by atomic mass is 16.2. The Morgan fingerprint density at radius 3 is 2.84 bits per heavy atom. The van der Waals surface area contributed by atoms with Gasteiger partial charge in [0.2, 0.25) is 0 Å². The van der Waals surface area contributed by atoms with Gasteiger partial charge in [-0.15, -0.1) is 0 Å². The SMILES string of the molecule is [2H]C1([2H])N=C(C)c2ccc(C#CCO)cc2C1C(C)(C)C. The number of rotatable bonds is 0. The number of aliphatic hydroxyl groups excluding tert-OH is 1. The molecule has 1 aliphatic heterocycles. The summed E-state index contributed by atoms with van der Waals surface area (Å²) >= 11 is 0. The molecule has 1 N–H and O–H groups in total. The Morgan fingerprint density at radius 1 is 1.47 bits per heavy atom. The third-order valence-electron chi connectivity index (χ3n) is 3.29. The lowest BCUT2D eigenvalue weighted by atomic mass is 9.73. The van der Waals surface area contributed by atoms with Gasteiger partial charge < -0.3 is 5.11 Å². The normalized spacial score (nSPS) is 22.4. The van der Waals surface area contributed by atoms with Crippen molar-refractivity contribution in [3.63, 3.8) is 0 Å². The topological polar surface area (TPSA) is 32.6 Å². The number of hydrogen-bond acceptors (Lipinski definition) is 2. The Labute approximate surface area is 118 Å². The molecule has 2 nitrogen and oxygen atoms in total. The summed E-state index contributed by atoms with van der Waals surface area (Å²) in [6, 6.07) is 5.77. The van der Waals surface area contributed by atoms with Gasteiger partial charge in [0.1, 0.15) is 6.61 Å². The van der Waals surface area contributed by atoms with E-state index in [2.05, 4.69) is 16.8 Å². The van der Waals surface area contributed by atoms with Gasteiger partial charge in [-0.3, -0.25) is 4.99 Å². The average molecular weight is 257 g/mol. The molecular formula is C17H21NO. The van der Waals surface area contributed by atoms with Crippen LogP contribution in [0.1, 0.15) is 53.0 Å². The second-order valence-electron chi connectivity index (χ2n) is 5.89. The van der Waals surface area contributed by atoms with E-state index in [-0.39, 0.29) is 17.9 Å². The lowest BCUT2D eigenvalue weighted by Gasteiger charge is -2.34. The van der Waals surface area contributed by atoms with E-state index in [1.807, 2.05) is 45.9 Å². The van der Waals surface area contributed by atoms with Crippen LogP contribution in [0.5, 0.6) is 0 Å². The van der Waals surface area contributed by atoms with Crippen molar-refractivity contribution < 1.29 is 7.85 Å². The number of aliphatic imine (C=N–C) groups is 1. The Morgan fingerprint density at radius 2 is 2.21 bits per heavy atom. The number of hydrogen-bond donors (Lipinski definition) is 1. The first-order valence-corrected chi connectivity index (χ1v) is 6.47. The third-order valence-corrected chi connectivity index (χ3v) is 3.29. The summed E-state index contributed by atoms with van der Waals surface area (Å²) in [7, 11) is 0. The first-order valence-electron chi connectivity index (χ1n) is 7.47. The molecule has 0 spiro atoms. The molecule has 1 heterocycles. The zero-order valence-electron chi connectivity index (χ0n) is 13.9. The van der Waals surface area contributed by atoms with E-state index in [0.717, 1.165) is 22.4 Å². The zero-order valence-corrected chi connectivity index (χ0v) is 11.9. The first kappa shape index (κ1) is 11.3. The van der Waals surface area contributed by atoms with E-state index in [4.69, 9.17) is 7.85 Å². The van der Waals surface area contributed by atoms with Gasteiger partial charge in [0, 0.05) is 23.7 Å². The van der Waals surface area contributed by atoms with Crippen LogP contribution in [0.15, 0.2) is 23.2 Å². The second kappa shape index (κ2) is 5.19. The van der Waals surface area contributed by atoms with Crippen LogP contribution < -0.4 is 0 Å². The quantitative estimate of drug-likeness (QED) is 0.712. The van der Waals surface area contributed by atoms with Crippen LogP contribution in [0.4, 0.5) is 0 Å². The molecule has 2 rings (SSSR count). The van der Waals surface area contributed by atoms with E-state index in [1.54, 1.807) is 0 Å². The van der Waals surface area contributed by atoms with E-state index < -0.39 is 6.50 Å². The fraction of sp³-hybridized carbons (Fsp3) is 0.471. The van der Waals surface area contributed by atoms with Gasteiger partial charge in [0.25, 0.3) is 0 Å². The van der Waals surface area contributed by atoms with Gasteiger partial charge in [0.15, 0.2) is 0 Å². The van der Waals surface area contributed by atoms with Crippen LogP contribution in [0.25, 0.3) is 0 Å². The van der Waals surface area contributed by atoms with E-state index in [1.165, 1.54) is 0 Å². The predicted octanol–water partition coefficient (Wildman–Crippen LogP) is 2.98. The highest BCUT2D eigenvalue weighted by Gasteiger charge is 2.30. The van der Waals surface area contributed by atoms with Gasteiger partial charge >= 0.3 is 0 Å². The minimum absolute atomic E-state index is 0.179.